The Hall–Kier alpha value is -1.03. The van der Waals surface area contributed by atoms with E-state index in [9.17, 15) is 8.42 Å². The first-order valence-electron chi connectivity index (χ1n) is 7.01. The van der Waals surface area contributed by atoms with E-state index in [0.717, 1.165) is 5.69 Å². The Morgan fingerprint density at radius 2 is 1.55 bits per heavy atom. The Morgan fingerprint density at radius 1 is 1.00 bits per heavy atom. The number of benzene rings is 1. The van der Waals surface area contributed by atoms with Crippen LogP contribution >= 0.6 is 0 Å². The van der Waals surface area contributed by atoms with Gasteiger partial charge in [0.25, 0.3) is 0 Å². The molecular weight excluding hydrogens is 270 g/mol. The average Bonchev–Trinajstić information content (AvgIpc) is 2.26. The molecule has 0 spiro atoms. The molecule has 4 heteroatoms. The number of hydrogen-bond donors (Lipinski definition) is 1. The maximum atomic E-state index is 12.1. The van der Waals surface area contributed by atoms with Crippen LogP contribution in [0.5, 0.6) is 0 Å². The molecule has 1 rings (SSSR count). The number of para-hydroxylation sites is 1. The van der Waals surface area contributed by atoms with E-state index in [1.807, 2.05) is 18.2 Å². The summed E-state index contributed by atoms with van der Waals surface area (Å²) in [4.78, 5) is 0. The SMILES string of the molecule is CC(C)(C)c1ccccc1NCCS(=O)(=O)C(C)(C)C. The number of nitrogens with one attached hydrogen (secondary N) is 1. The smallest absolute Gasteiger partial charge is 0.156 e. The van der Waals surface area contributed by atoms with Crippen molar-refractivity contribution in [2.24, 2.45) is 0 Å². The van der Waals surface area contributed by atoms with E-state index < -0.39 is 14.6 Å². The van der Waals surface area contributed by atoms with Crippen molar-refractivity contribution in [3.8, 4) is 0 Å². The summed E-state index contributed by atoms with van der Waals surface area (Å²) in [5.41, 5.74) is 2.25. The fourth-order valence-electron chi connectivity index (χ4n) is 1.92. The second kappa shape index (κ2) is 5.76. The molecule has 0 heterocycles. The normalized spacial score (nSPS) is 13.3. The lowest BCUT2D eigenvalue weighted by Crippen LogP contribution is -2.33. The van der Waals surface area contributed by atoms with E-state index in [1.165, 1.54) is 5.56 Å². The third-order valence-electron chi connectivity index (χ3n) is 3.35. The van der Waals surface area contributed by atoms with Crippen LogP contribution in [-0.2, 0) is 15.3 Å². The van der Waals surface area contributed by atoms with Crippen molar-refractivity contribution in [2.45, 2.75) is 51.7 Å². The second-order valence-corrected chi connectivity index (χ2v) is 10.0. The average molecular weight is 297 g/mol. The molecule has 0 bridgehead atoms. The van der Waals surface area contributed by atoms with Gasteiger partial charge in [-0.3, -0.25) is 0 Å². The molecule has 20 heavy (non-hydrogen) atoms. The largest absolute Gasteiger partial charge is 0.384 e. The maximum Gasteiger partial charge on any atom is 0.156 e. The summed E-state index contributed by atoms with van der Waals surface area (Å²) < 4.78 is 23.5. The van der Waals surface area contributed by atoms with Crippen LogP contribution in [0.25, 0.3) is 0 Å². The summed E-state index contributed by atoms with van der Waals surface area (Å²) in [5.74, 6) is 0.148. The van der Waals surface area contributed by atoms with Gasteiger partial charge < -0.3 is 5.32 Å². The summed E-state index contributed by atoms with van der Waals surface area (Å²) in [6, 6.07) is 8.07. The number of rotatable bonds is 4. The van der Waals surface area contributed by atoms with Crippen molar-refractivity contribution < 1.29 is 8.42 Å². The molecule has 0 unspecified atom stereocenters. The van der Waals surface area contributed by atoms with Crippen LogP contribution in [-0.4, -0.2) is 25.5 Å². The van der Waals surface area contributed by atoms with Crippen LogP contribution in [0.4, 0.5) is 5.69 Å². The number of anilines is 1. The Bertz CT molecular complexity index is 549. The van der Waals surface area contributed by atoms with Crippen LogP contribution in [0.15, 0.2) is 24.3 Å². The Labute approximate surface area is 123 Å². The zero-order chi connectivity index (χ0) is 15.6. The molecule has 0 radical (unpaired) electrons. The van der Waals surface area contributed by atoms with Crippen molar-refractivity contribution in [3.05, 3.63) is 29.8 Å². The van der Waals surface area contributed by atoms with E-state index in [1.54, 1.807) is 20.8 Å². The van der Waals surface area contributed by atoms with Gasteiger partial charge in [0.2, 0.25) is 0 Å². The topological polar surface area (TPSA) is 46.2 Å². The molecule has 0 amide bonds. The summed E-state index contributed by atoms with van der Waals surface area (Å²) in [6.07, 6.45) is 0. The number of sulfone groups is 1. The van der Waals surface area contributed by atoms with E-state index in [0.29, 0.717) is 6.54 Å². The summed E-state index contributed by atoms with van der Waals surface area (Å²) >= 11 is 0. The van der Waals surface area contributed by atoms with E-state index in [4.69, 9.17) is 0 Å². The van der Waals surface area contributed by atoms with Gasteiger partial charge in [-0.05, 0) is 37.8 Å². The van der Waals surface area contributed by atoms with Crippen LogP contribution in [0.2, 0.25) is 0 Å². The zero-order valence-electron chi connectivity index (χ0n) is 13.4. The monoisotopic (exact) mass is 297 g/mol. The zero-order valence-corrected chi connectivity index (χ0v) is 14.3. The van der Waals surface area contributed by atoms with Crippen LogP contribution < -0.4 is 5.32 Å². The molecule has 1 N–H and O–H groups in total. The first-order valence-corrected chi connectivity index (χ1v) is 8.66. The van der Waals surface area contributed by atoms with Gasteiger partial charge in [-0.1, -0.05) is 39.0 Å². The summed E-state index contributed by atoms with van der Waals surface area (Å²) in [5, 5.41) is 3.27. The Morgan fingerprint density at radius 3 is 2.05 bits per heavy atom. The van der Waals surface area contributed by atoms with Crippen molar-refractivity contribution in [1.82, 2.24) is 0 Å². The quantitative estimate of drug-likeness (QED) is 0.923. The summed E-state index contributed by atoms with van der Waals surface area (Å²) in [7, 11) is -3.08. The van der Waals surface area contributed by atoms with Gasteiger partial charge in [0.05, 0.1) is 10.5 Å². The molecule has 1 aromatic rings. The highest BCUT2D eigenvalue weighted by Gasteiger charge is 2.28. The van der Waals surface area contributed by atoms with Gasteiger partial charge in [0.1, 0.15) is 0 Å². The first-order chi connectivity index (χ1) is 8.95. The lowest BCUT2D eigenvalue weighted by atomic mass is 9.86. The molecule has 0 saturated heterocycles. The minimum Gasteiger partial charge on any atom is -0.384 e. The highest BCUT2D eigenvalue weighted by Crippen LogP contribution is 2.29. The van der Waals surface area contributed by atoms with Gasteiger partial charge in [0.15, 0.2) is 9.84 Å². The molecule has 114 valence electrons. The molecule has 0 aliphatic heterocycles. The van der Waals surface area contributed by atoms with E-state index in [-0.39, 0.29) is 11.2 Å². The van der Waals surface area contributed by atoms with Gasteiger partial charge in [-0.25, -0.2) is 8.42 Å². The van der Waals surface area contributed by atoms with Crippen molar-refractivity contribution in [2.75, 3.05) is 17.6 Å². The van der Waals surface area contributed by atoms with Crippen molar-refractivity contribution in [3.63, 3.8) is 0 Å². The first kappa shape index (κ1) is 17.0. The molecule has 3 nitrogen and oxygen atoms in total. The van der Waals surface area contributed by atoms with Gasteiger partial charge >= 0.3 is 0 Å². The molecule has 1 aromatic carbocycles. The standard InChI is InChI=1S/C16H27NO2S/c1-15(2,3)13-9-7-8-10-14(13)17-11-12-20(18,19)16(4,5)6/h7-10,17H,11-12H2,1-6H3. The molecule has 0 aliphatic carbocycles. The maximum absolute atomic E-state index is 12.1. The molecule has 0 aromatic heterocycles. The van der Waals surface area contributed by atoms with E-state index in [2.05, 4.69) is 32.2 Å². The van der Waals surface area contributed by atoms with Gasteiger partial charge in [-0.15, -0.1) is 0 Å². The third kappa shape index (κ3) is 4.23. The highest BCUT2D eigenvalue weighted by molar-refractivity contribution is 7.92. The van der Waals surface area contributed by atoms with E-state index >= 15 is 0 Å². The second-order valence-electron chi connectivity index (χ2n) is 7.15. The molecule has 0 saturated carbocycles. The molecule has 0 atom stereocenters. The molecular formula is C16H27NO2S. The van der Waals surface area contributed by atoms with Gasteiger partial charge in [0, 0.05) is 12.2 Å². The molecule has 0 fully saturated rings. The fourth-order valence-corrected chi connectivity index (χ4v) is 2.90. The summed E-state index contributed by atoms with van der Waals surface area (Å²) in [6.45, 7) is 12.1. The predicted octanol–water partition coefficient (Wildman–Crippen LogP) is 3.61. The molecule has 0 aliphatic rings. The van der Waals surface area contributed by atoms with Gasteiger partial charge in [-0.2, -0.15) is 0 Å². The minimum atomic E-state index is -3.08. The number of hydrogen-bond acceptors (Lipinski definition) is 3. The lowest BCUT2D eigenvalue weighted by molar-refractivity contribution is 0.560. The minimum absolute atomic E-state index is 0.0342. The Balaban J connectivity index is 2.78. The Kier molecular flexibility index (Phi) is 4.90. The predicted molar refractivity (Wildman–Crippen MR) is 87.2 cm³/mol. The van der Waals surface area contributed by atoms with Crippen molar-refractivity contribution >= 4 is 15.5 Å². The third-order valence-corrected chi connectivity index (χ3v) is 5.96. The van der Waals surface area contributed by atoms with Crippen LogP contribution in [0.1, 0.15) is 47.1 Å². The fraction of sp³-hybridized carbons (Fsp3) is 0.625. The highest BCUT2D eigenvalue weighted by atomic mass is 32.2. The lowest BCUT2D eigenvalue weighted by Gasteiger charge is -2.24. The van der Waals surface area contributed by atoms with Crippen LogP contribution in [0.3, 0.4) is 0 Å². The van der Waals surface area contributed by atoms with Crippen molar-refractivity contribution in [1.29, 1.82) is 0 Å². The van der Waals surface area contributed by atoms with Crippen LogP contribution in [0, 0.1) is 0 Å².